The lowest BCUT2D eigenvalue weighted by Crippen LogP contribution is -2.50. The number of aryl methyl sites for hydroxylation is 1. The van der Waals surface area contributed by atoms with Crippen molar-refractivity contribution in [1.29, 1.82) is 0 Å². The minimum atomic E-state index is -0.421. The molecule has 1 saturated heterocycles. The van der Waals surface area contributed by atoms with Gasteiger partial charge in [0.2, 0.25) is 0 Å². The SMILES string of the molecule is Cc1cccc([C@@H](c2c(N)n(CC(C)C)c(=O)n(C)c2=O)N2CCN(c3ccccc3F)CC2)c1. The molecule has 1 aliphatic heterocycles. The van der Waals surface area contributed by atoms with Crippen molar-refractivity contribution in [2.24, 2.45) is 13.0 Å². The molecule has 7 nitrogen and oxygen atoms in total. The fourth-order valence-corrected chi connectivity index (χ4v) is 4.93. The van der Waals surface area contributed by atoms with Gasteiger partial charge in [-0.1, -0.05) is 55.8 Å². The van der Waals surface area contributed by atoms with Crippen LogP contribution in [0.25, 0.3) is 0 Å². The zero-order valence-corrected chi connectivity index (χ0v) is 20.9. The van der Waals surface area contributed by atoms with Crippen molar-refractivity contribution in [2.75, 3.05) is 36.8 Å². The first kappa shape index (κ1) is 24.7. The second-order valence-electron chi connectivity index (χ2n) is 9.74. The Bertz CT molecular complexity index is 1320. The van der Waals surface area contributed by atoms with Crippen LogP contribution in [0.4, 0.5) is 15.9 Å². The van der Waals surface area contributed by atoms with E-state index in [9.17, 15) is 14.0 Å². The maximum atomic E-state index is 14.4. The molecule has 35 heavy (non-hydrogen) atoms. The fourth-order valence-electron chi connectivity index (χ4n) is 4.93. The van der Waals surface area contributed by atoms with Gasteiger partial charge in [0.25, 0.3) is 5.56 Å². The Hall–Kier alpha value is -3.39. The number of anilines is 2. The predicted molar refractivity (Wildman–Crippen MR) is 138 cm³/mol. The van der Waals surface area contributed by atoms with Crippen LogP contribution in [-0.2, 0) is 13.6 Å². The van der Waals surface area contributed by atoms with E-state index in [-0.39, 0.29) is 23.1 Å². The minimum Gasteiger partial charge on any atom is -0.385 e. The Balaban J connectivity index is 1.79. The van der Waals surface area contributed by atoms with Crippen molar-refractivity contribution in [3.8, 4) is 0 Å². The van der Waals surface area contributed by atoms with E-state index in [2.05, 4.69) is 11.0 Å². The molecule has 1 aliphatic rings. The zero-order chi connectivity index (χ0) is 25.3. The Kier molecular flexibility index (Phi) is 7.12. The van der Waals surface area contributed by atoms with Crippen LogP contribution in [0.3, 0.4) is 0 Å². The molecule has 0 aliphatic carbocycles. The average molecular weight is 480 g/mol. The van der Waals surface area contributed by atoms with Gasteiger partial charge in [0, 0.05) is 39.8 Å². The van der Waals surface area contributed by atoms with Crippen molar-refractivity contribution < 1.29 is 4.39 Å². The lowest BCUT2D eigenvalue weighted by molar-refractivity contribution is 0.210. The maximum absolute atomic E-state index is 14.4. The number of nitrogens with two attached hydrogens (primary N) is 1. The number of aromatic nitrogens is 2. The van der Waals surface area contributed by atoms with E-state index in [4.69, 9.17) is 5.73 Å². The molecule has 8 heteroatoms. The van der Waals surface area contributed by atoms with E-state index in [1.54, 1.807) is 12.1 Å². The second-order valence-corrected chi connectivity index (χ2v) is 9.74. The molecule has 2 aromatic carbocycles. The third kappa shape index (κ3) is 4.89. The first-order valence-electron chi connectivity index (χ1n) is 12.1. The van der Waals surface area contributed by atoms with Crippen LogP contribution < -0.4 is 21.9 Å². The van der Waals surface area contributed by atoms with Crippen LogP contribution in [-0.4, -0.2) is 40.2 Å². The highest BCUT2D eigenvalue weighted by Gasteiger charge is 2.32. The molecule has 0 saturated carbocycles. The number of halogens is 1. The predicted octanol–water partition coefficient (Wildman–Crippen LogP) is 3.14. The van der Waals surface area contributed by atoms with E-state index in [0.717, 1.165) is 15.7 Å². The van der Waals surface area contributed by atoms with Crippen molar-refractivity contribution in [3.63, 3.8) is 0 Å². The van der Waals surface area contributed by atoms with Gasteiger partial charge in [-0.2, -0.15) is 0 Å². The molecular weight excluding hydrogens is 445 g/mol. The Morgan fingerprint density at radius 2 is 1.69 bits per heavy atom. The quantitative estimate of drug-likeness (QED) is 0.588. The smallest absolute Gasteiger partial charge is 0.332 e. The number of hydrogen-bond donors (Lipinski definition) is 1. The molecule has 0 unspecified atom stereocenters. The monoisotopic (exact) mass is 479 g/mol. The largest absolute Gasteiger partial charge is 0.385 e. The van der Waals surface area contributed by atoms with Crippen molar-refractivity contribution in [2.45, 2.75) is 33.4 Å². The van der Waals surface area contributed by atoms with Crippen molar-refractivity contribution in [3.05, 3.63) is 91.9 Å². The summed E-state index contributed by atoms with van der Waals surface area (Å²) in [6, 6.07) is 14.4. The van der Waals surface area contributed by atoms with E-state index in [1.165, 1.54) is 17.7 Å². The van der Waals surface area contributed by atoms with Crippen LogP contribution in [0.5, 0.6) is 0 Å². The van der Waals surface area contributed by atoms with Crippen molar-refractivity contribution >= 4 is 11.5 Å². The summed E-state index contributed by atoms with van der Waals surface area (Å²) in [7, 11) is 1.51. The number of nitrogen functional groups attached to an aromatic ring is 1. The number of hydrogen-bond acceptors (Lipinski definition) is 5. The first-order chi connectivity index (χ1) is 16.7. The van der Waals surface area contributed by atoms with Gasteiger partial charge in [-0.3, -0.25) is 18.8 Å². The van der Waals surface area contributed by atoms with Gasteiger partial charge in [0.1, 0.15) is 11.6 Å². The Labute approximate surface area is 205 Å². The molecular formula is C27H34FN5O2. The van der Waals surface area contributed by atoms with E-state index >= 15 is 0 Å². The molecule has 4 rings (SSSR count). The fraction of sp³-hybridized carbons (Fsp3) is 0.407. The van der Waals surface area contributed by atoms with Gasteiger partial charge in [-0.25, -0.2) is 9.18 Å². The first-order valence-corrected chi connectivity index (χ1v) is 12.1. The van der Waals surface area contributed by atoms with Crippen LogP contribution >= 0.6 is 0 Å². The summed E-state index contributed by atoms with van der Waals surface area (Å²) >= 11 is 0. The van der Waals surface area contributed by atoms with E-state index in [0.29, 0.717) is 44.0 Å². The number of nitrogens with zero attached hydrogens (tertiary/aromatic N) is 4. The third-order valence-electron chi connectivity index (χ3n) is 6.67. The summed E-state index contributed by atoms with van der Waals surface area (Å²) in [6.07, 6.45) is 0. The van der Waals surface area contributed by atoms with Gasteiger partial charge >= 0.3 is 5.69 Å². The minimum absolute atomic E-state index is 0.182. The van der Waals surface area contributed by atoms with Gasteiger partial charge in [-0.15, -0.1) is 0 Å². The van der Waals surface area contributed by atoms with Gasteiger partial charge < -0.3 is 10.6 Å². The van der Waals surface area contributed by atoms with Gasteiger partial charge in [-0.05, 0) is 30.5 Å². The normalized spacial score (nSPS) is 15.5. The molecule has 1 aromatic heterocycles. The molecule has 0 amide bonds. The van der Waals surface area contributed by atoms with E-state index < -0.39 is 11.7 Å². The summed E-state index contributed by atoms with van der Waals surface area (Å²) in [5.41, 5.74) is 8.82. The Morgan fingerprint density at radius 1 is 1.00 bits per heavy atom. The van der Waals surface area contributed by atoms with Crippen LogP contribution in [0.2, 0.25) is 0 Å². The second kappa shape index (κ2) is 10.1. The van der Waals surface area contributed by atoms with E-state index in [1.807, 2.05) is 49.9 Å². The summed E-state index contributed by atoms with van der Waals surface area (Å²) in [5, 5.41) is 0. The third-order valence-corrected chi connectivity index (χ3v) is 6.67. The highest BCUT2D eigenvalue weighted by atomic mass is 19.1. The molecule has 3 aromatic rings. The summed E-state index contributed by atoms with van der Waals surface area (Å²) in [6.45, 7) is 8.89. The summed E-state index contributed by atoms with van der Waals surface area (Å²) in [4.78, 5) is 30.7. The lowest BCUT2D eigenvalue weighted by atomic mass is 9.95. The number of benzene rings is 2. The molecule has 186 valence electrons. The molecule has 1 fully saturated rings. The van der Waals surface area contributed by atoms with Gasteiger partial charge in [0.05, 0.1) is 17.3 Å². The lowest BCUT2D eigenvalue weighted by Gasteiger charge is -2.41. The molecule has 0 radical (unpaired) electrons. The molecule has 2 heterocycles. The molecule has 0 spiro atoms. The van der Waals surface area contributed by atoms with Crippen LogP contribution in [0.15, 0.2) is 58.1 Å². The summed E-state index contributed by atoms with van der Waals surface area (Å²) in [5.74, 6) is 0.159. The standard InChI is InChI=1S/C27H34FN5O2/c1-18(2)17-33-25(29)23(26(34)30(4)27(33)35)24(20-9-7-8-19(3)16-20)32-14-12-31(13-15-32)22-11-6-5-10-21(22)28/h5-11,16,18,24H,12-15,17,29H2,1-4H3/t24-/m0/s1. The number of piperazine rings is 1. The number of rotatable bonds is 6. The zero-order valence-electron chi connectivity index (χ0n) is 20.9. The maximum Gasteiger partial charge on any atom is 0.332 e. The Morgan fingerprint density at radius 3 is 2.31 bits per heavy atom. The molecule has 2 N–H and O–H groups in total. The number of para-hydroxylation sites is 1. The highest BCUT2D eigenvalue weighted by Crippen LogP contribution is 2.32. The highest BCUT2D eigenvalue weighted by molar-refractivity contribution is 5.49. The topological polar surface area (TPSA) is 76.5 Å². The van der Waals surface area contributed by atoms with Crippen LogP contribution in [0, 0.1) is 18.7 Å². The summed E-state index contributed by atoms with van der Waals surface area (Å²) < 4.78 is 17.1. The average Bonchev–Trinajstić information content (AvgIpc) is 2.84. The molecule has 0 bridgehead atoms. The van der Waals surface area contributed by atoms with Crippen molar-refractivity contribution in [1.82, 2.24) is 14.0 Å². The van der Waals surface area contributed by atoms with Crippen LogP contribution in [0.1, 0.15) is 36.6 Å². The van der Waals surface area contributed by atoms with Gasteiger partial charge in [0.15, 0.2) is 0 Å². The molecule has 1 atom stereocenters.